The van der Waals surface area contributed by atoms with Crippen molar-refractivity contribution in [1.29, 1.82) is 0 Å². The molecule has 29 heavy (non-hydrogen) atoms. The van der Waals surface area contributed by atoms with E-state index in [1.165, 1.54) is 24.5 Å². The molecule has 3 rings (SSSR count). The second kappa shape index (κ2) is 8.87. The Morgan fingerprint density at radius 3 is 2.69 bits per heavy atom. The summed E-state index contributed by atoms with van der Waals surface area (Å²) in [4.78, 5) is 20.4. The summed E-state index contributed by atoms with van der Waals surface area (Å²) in [6.45, 7) is 5.69. The van der Waals surface area contributed by atoms with Gasteiger partial charge < -0.3 is 24.9 Å². The highest BCUT2D eigenvalue weighted by Crippen LogP contribution is 2.33. The molecule has 0 radical (unpaired) electrons. The largest absolute Gasteiger partial charge is 0.461 e. The van der Waals surface area contributed by atoms with Gasteiger partial charge in [0.2, 0.25) is 0 Å². The highest BCUT2D eigenvalue weighted by molar-refractivity contribution is 5.89. The van der Waals surface area contributed by atoms with Crippen molar-refractivity contribution in [3.05, 3.63) is 47.7 Å². The van der Waals surface area contributed by atoms with E-state index in [1.807, 2.05) is 20.8 Å². The number of urea groups is 1. The topological polar surface area (TPSA) is 110 Å². The van der Waals surface area contributed by atoms with Crippen molar-refractivity contribution in [2.45, 2.75) is 26.8 Å². The minimum absolute atomic E-state index is 0.0235. The first kappa shape index (κ1) is 20.5. The molecule has 0 saturated heterocycles. The van der Waals surface area contributed by atoms with Crippen LogP contribution < -0.4 is 15.4 Å². The summed E-state index contributed by atoms with van der Waals surface area (Å²) in [6, 6.07) is 3.58. The van der Waals surface area contributed by atoms with E-state index in [0.29, 0.717) is 22.4 Å². The highest BCUT2D eigenvalue weighted by Gasteiger charge is 2.25. The van der Waals surface area contributed by atoms with Gasteiger partial charge in [-0.15, -0.1) is 0 Å². The molecule has 0 bridgehead atoms. The van der Waals surface area contributed by atoms with Gasteiger partial charge in [-0.1, -0.05) is 13.8 Å². The van der Waals surface area contributed by atoms with E-state index in [0.717, 1.165) is 5.56 Å². The van der Waals surface area contributed by atoms with Gasteiger partial charge in [0.1, 0.15) is 23.8 Å². The van der Waals surface area contributed by atoms with E-state index in [4.69, 9.17) is 14.3 Å². The maximum atomic E-state index is 13.6. The molecule has 1 atom stereocenters. The zero-order valence-electron chi connectivity index (χ0n) is 16.4. The summed E-state index contributed by atoms with van der Waals surface area (Å²) in [5.41, 5.74) is 1.73. The standard InChI is InChI=1S/C20H23FN4O4/c1-11(2)17(18-12(3)15-8-13(21)4-5-16(15)29-18)25-19(27)24-14-9-22-20(23-10-14)28-7-6-26/h4-5,8-11,17,26H,6-7H2,1-3H3,(H2,24,25,27)/t17-/m1/s1. The summed E-state index contributed by atoms with van der Waals surface area (Å²) in [5, 5.41) is 15.0. The molecule has 0 aliphatic heterocycles. The lowest BCUT2D eigenvalue weighted by atomic mass is 9.98. The van der Waals surface area contributed by atoms with Crippen molar-refractivity contribution in [3.8, 4) is 6.01 Å². The zero-order valence-corrected chi connectivity index (χ0v) is 16.4. The molecule has 0 saturated carbocycles. The number of hydrogen-bond acceptors (Lipinski definition) is 6. The highest BCUT2D eigenvalue weighted by atomic mass is 19.1. The molecule has 2 aromatic heterocycles. The van der Waals surface area contributed by atoms with Crippen molar-refractivity contribution in [1.82, 2.24) is 15.3 Å². The Bertz CT molecular complexity index is 988. The smallest absolute Gasteiger partial charge is 0.319 e. The van der Waals surface area contributed by atoms with E-state index in [1.54, 1.807) is 6.07 Å². The monoisotopic (exact) mass is 402 g/mol. The zero-order chi connectivity index (χ0) is 21.0. The van der Waals surface area contributed by atoms with Gasteiger partial charge in [0, 0.05) is 10.9 Å². The molecule has 2 heterocycles. The van der Waals surface area contributed by atoms with Gasteiger partial charge in [-0.2, -0.15) is 0 Å². The number of fused-ring (bicyclic) bond motifs is 1. The van der Waals surface area contributed by atoms with E-state index in [9.17, 15) is 9.18 Å². The predicted molar refractivity (Wildman–Crippen MR) is 105 cm³/mol. The number of hydrogen-bond donors (Lipinski definition) is 3. The Kier molecular flexibility index (Phi) is 6.28. The van der Waals surface area contributed by atoms with E-state index >= 15 is 0 Å². The number of anilines is 1. The number of carbonyl (C=O) groups excluding carboxylic acids is 1. The van der Waals surface area contributed by atoms with Gasteiger partial charge in [0.15, 0.2) is 0 Å². The SMILES string of the molecule is Cc1c([C@H](NC(=O)Nc2cnc(OCCO)nc2)C(C)C)oc2ccc(F)cc12. The lowest BCUT2D eigenvalue weighted by molar-refractivity contribution is 0.191. The lowest BCUT2D eigenvalue weighted by Crippen LogP contribution is -2.35. The van der Waals surface area contributed by atoms with Crippen LogP contribution in [0, 0.1) is 18.7 Å². The van der Waals surface area contributed by atoms with E-state index < -0.39 is 12.1 Å². The number of carbonyl (C=O) groups is 1. The Labute approximate surface area is 167 Å². The number of rotatable bonds is 7. The number of aromatic nitrogens is 2. The molecule has 3 aromatic rings. The molecule has 1 aromatic carbocycles. The van der Waals surface area contributed by atoms with Gasteiger partial charge in [-0.05, 0) is 31.0 Å². The van der Waals surface area contributed by atoms with E-state index in [-0.39, 0.29) is 31.0 Å². The fourth-order valence-corrected chi connectivity index (χ4v) is 2.94. The van der Waals surface area contributed by atoms with Crippen LogP contribution in [0.3, 0.4) is 0 Å². The first-order chi connectivity index (χ1) is 13.9. The molecular formula is C20H23FN4O4. The number of amides is 2. The summed E-state index contributed by atoms with van der Waals surface area (Å²) < 4.78 is 24.6. The number of halogens is 1. The number of furan rings is 1. The van der Waals surface area contributed by atoms with Crippen LogP contribution in [0.15, 0.2) is 35.0 Å². The number of benzene rings is 1. The number of aliphatic hydroxyl groups excluding tert-OH is 1. The number of nitrogens with one attached hydrogen (secondary N) is 2. The number of aryl methyl sites for hydroxylation is 1. The third-order valence-corrected chi connectivity index (χ3v) is 4.38. The molecule has 0 fully saturated rings. The second-order valence-electron chi connectivity index (χ2n) is 6.88. The second-order valence-corrected chi connectivity index (χ2v) is 6.88. The molecule has 9 heteroatoms. The number of aliphatic hydroxyl groups is 1. The van der Waals surface area contributed by atoms with Gasteiger partial charge in [0.25, 0.3) is 0 Å². The Morgan fingerprint density at radius 2 is 2.03 bits per heavy atom. The molecule has 3 N–H and O–H groups in total. The average molecular weight is 402 g/mol. The molecule has 0 unspecified atom stereocenters. The summed E-state index contributed by atoms with van der Waals surface area (Å²) in [5.74, 6) is 0.265. The summed E-state index contributed by atoms with van der Waals surface area (Å²) in [7, 11) is 0. The predicted octanol–water partition coefficient (Wildman–Crippen LogP) is 3.56. The van der Waals surface area contributed by atoms with Gasteiger partial charge in [-0.3, -0.25) is 0 Å². The first-order valence-electron chi connectivity index (χ1n) is 9.20. The van der Waals surface area contributed by atoms with Crippen LogP contribution in [-0.4, -0.2) is 34.3 Å². The van der Waals surface area contributed by atoms with E-state index in [2.05, 4.69) is 20.6 Å². The summed E-state index contributed by atoms with van der Waals surface area (Å²) in [6.07, 6.45) is 2.80. The minimum Gasteiger partial charge on any atom is -0.461 e. The molecule has 0 aliphatic rings. The number of ether oxygens (including phenoxy) is 1. The van der Waals surface area contributed by atoms with Gasteiger partial charge in [0.05, 0.1) is 30.7 Å². The molecule has 2 amide bonds. The first-order valence-corrected chi connectivity index (χ1v) is 9.20. The molecule has 8 nitrogen and oxygen atoms in total. The van der Waals surface area contributed by atoms with Crippen LogP contribution in [-0.2, 0) is 0 Å². The Balaban J connectivity index is 1.74. The van der Waals surface area contributed by atoms with Crippen molar-refractivity contribution in [2.24, 2.45) is 5.92 Å². The normalized spacial score (nSPS) is 12.2. The van der Waals surface area contributed by atoms with Crippen LogP contribution in [0.25, 0.3) is 11.0 Å². The number of nitrogens with zero attached hydrogens (tertiary/aromatic N) is 2. The summed E-state index contributed by atoms with van der Waals surface area (Å²) >= 11 is 0. The van der Waals surface area contributed by atoms with Gasteiger partial charge >= 0.3 is 12.0 Å². The molecule has 0 spiro atoms. The maximum absolute atomic E-state index is 13.6. The molecule has 0 aliphatic carbocycles. The van der Waals surface area contributed by atoms with Crippen LogP contribution >= 0.6 is 0 Å². The van der Waals surface area contributed by atoms with Crippen molar-refractivity contribution in [3.63, 3.8) is 0 Å². The Hall–Kier alpha value is -3.20. The van der Waals surface area contributed by atoms with Crippen molar-refractivity contribution < 1.29 is 23.4 Å². The van der Waals surface area contributed by atoms with Crippen LogP contribution in [0.4, 0.5) is 14.9 Å². The lowest BCUT2D eigenvalue weighted by Gasteiger charge is -2.21. The van der Waals surface area contributed by atoms with Crippen LogP contribution in [0.2, 0.25) is 0 Å². The van der Waals surface area contributed by atoms with Crippen LogP contribution in [0.1, 0.15) is 31.2 Å². The molecular weight excluding hydrogens is 379 g/mol. The third-order valence-electron chi connectivity index (χ3n) is 4.38. The quantitative estimate of drug-likeness (QED) is 0.557. The van der Waals surface area contributed by atoms with Crippen LogP contribution in [0.5, 0.6) is 6.01 Å². The fraction of sp³-hybridized carbons (Fsp3) is 0.350. The fourth-order valence-electron chi connectivity index (χ4n) is 2.94. The average Bonchev–Trinajstić information content (AvgIpc) is 3.01. The van der Waals surface area contributed by atoms with Gasteiger partial charge in [-0.25, -0.2) is 19.2 Å². The Morgan fingerprint density at radius 1 is 1.31 bits per heavy atom. The maximum Gasteiger partial charge on any atom is 0.319 e. The van der Waals surface area contributed by atoms with Crippen molar-refractivity contribution >= 4 is 22.7 Å². The molecule has 154 valence electrons. The minimum atomic E-state index is -0.456. The third kappa shape index (κ3) is 4.80. The van der Waals surface area contributed by atoms with Crippen molar-refractivity contribution in [2.75, 3.05) is 18.5 Å².